The van der Waals surface area contributed by atoms with Crippen molar-refractivity contribution in [2.45, 2.75) is 20.3 Å². The number of aromatic nitrogens is 3. The van der Waals surface area contributed by atoms with Crippen LogP contribution in [0, 0.1) is 4.77 Å². The first-order valence-electron chi connectivity index (χ1n) is 5.64. The summed E-state index contributed by atoms with van der Waals surface area (Å²) in [4.78, 5) is 7.28. The Morgan fingerprint density at radius 1 is 1.41 bits per heavy atom. The Morgan fingerprint density at radius 3 is 2.82 bits per heavy atom. The highest BCUT2D eigenvalue weighted by atomic mass is 32.1. The van der Waals surface area contributed by atoms with Crippen molar-refractivity contribution in [1.29, 1.82) is 0 Å². The third-order valence-electron chi connectivity index (χ3n) is 2.49. The van der Waals surface area contributed by atoms with Gasteiger partial charge in [-0.25, -0.2) is 4.98 Å². The standard InChI is InChI=1S/C12H15N3OS/c1-3-9-7-14-12(17)15(9)10-5-6-11(13-8-10)16-4-2/h5-8H,3-4H2,1-2H3,(H,14,17). The Hall–Kier alpha value is -1.62. The molecule has 90 valence electrons. The molecule has 0 fully saturated rings. The number of nitrogens with zero attached hydrogens (tertiary/aromatic N) is 2. The molecule has 0 saturated carbocycles. The fraction of sp³-hybridized carbons (Fsp3) is 0.333. The summed E-state index contributed by atoms with van der Waals surface area (Å²) in [5.41, 5.74) is 2.09. The van der Waals surface area contributed by atoms with E-state index in [1.807, 2.05) is 29.8 Å². The summed E-state index contributed by atoms with van der Waals surface area (Å²) in [5, 5.41) is 0. The van der Waals surface area contributed by atoms with Crippen LogP contribution in [0.4, 0.5) is 0 Å². The monoisotopic (exact) mass is 249 g/mol. The zero-order chi connectivity index (χ0) is 12.3. The van der Waals surface area contributed by atoms with Crippen LogP contribution in [0.1, 0.15) is 19.5 Å². The smallest absolute Gasteiger partial charge is 0.213 e. The summed E-state index contributed by atoms with van der Waals surface area (Å²) >= 11 is 5.25. The lowest BCUT2D eigenvalue weighted by Gasteiger charge is -2.07. The van der Waals surface area contributed by atoms with Crippen LogP contribution in [-0.4, -0.2) is 21.1 Å². The quantitative estimate of drug-likeness (QED) is 0.847. The van der Waals surface area contributed by atoms with Crippen LogP contribution in [0.3, 0.4) is 0 Å². The molecule has 0 aromatic carbocycles. The summed E-state index contributed by atoms with van der Waals surface area (Å²) < 4.78 is 7.98. The van der Waals surface area contributed by atoms with Gasteiger partial charge in [0.1, 0.15) is 0 Å². The maximum absolute atomic E-state index is 5.31. The van der Waals surface area contributed by atoms with Crippen LogP contribution in [-0.2, 0) is 6.42 Å². The highest BCUT2D eigenvalue weighted by Gasteiger charge is 2.05. The fourth-order valence-corrected chi connectivity index (χ4v) is 1.97. The van der Waals surface area contributed by atoms with Crippen molar-refractivity contribution >= 4 is 12.2 Å². The van der Waals surface area contributed by atoms with Gasteiger partial charge in [-0.1, -0.05) is 6.92 Å². The minimum Gasteiger partial charge on any atom is -0.478 e. The molecule has 4 nitrogen and oxygen atoms in total. The number of aromatic amines is 1. The molecule has 0 unspecified atom stereocenters. The van der Waals surface area contributed by atoms with Gasteiger partial charge in [0.15, 0.2) is 4.77 Å². The second-order valence-electron chi connectivity index (χ2n) is 3.56. The van der Waals surface area contributed by atoms with Gasteiger partial charge in [0, 0.05) is 18.0 Å². The topological polar surface area (TPSA) is 42.8 Å². The van der Waals surface area contributed by atoms with Gasteiger partial charge in [-0.2, -0.15) is 0 Å². The average Bonchev–Trinajstić information content (AvgIpc) is 2.72. The second kappa shape index (κ2) is 5.14. The van der Waals surface area contributed by atoms with E-state index in [-0.39, 0.29) is 0 Å². The van der Waals surface area contributed by atoms with Gasteiger partial charge in [0.05, 0.1) is 18.5 Å². The van der Waals surface area contributed by atoms with E-state index in [2.05, 4.69) is 16.9 Å². The van der Waals surface area contributed by atoms with E-state index in [0.29, 0.717) is 17.3 Å². The summed E-state index contributed by atoms with van der Waals surface area (Å²) in [6.45, 7) is 4.65. The van der Waals surface area contributed by atoms with Crippen molar-refractivity contribution in [3.8, 4) is 11.6 Å². The lowest BCUT2D eigenvalue weighted by atomic mass is 10.3. The average molecular weight is 249 g/mol. The summed E-state index contributed by atoms with van der Waals surface area (Å²) in [5.74, 6) is 0.636. The molecule has 2 aromatic rings. The molecule has 0 aliphatic carbocycles. The van der Waals surface area contributed by atoms with E-state index in [1.54, 1.807) is 6.20 Å². The van der Waals surface area contributed by atoms with Gasteiger partial charge in [-0.15, -0.1) is 0 Å². The first-order chi connectivity index (χ1) is 8.26. The summed E-state index contributed by atoms with van der Waals surface area (Å²) in [7, 11) is 0. The van der Waals surface area contributed by atoms with Crippen LogP contribution >= 0.6 is 12.2 Å². The Kier molecular flexibility index (Phi) is 3.58. The number of ether oxygens (including phenoxy) is 1. The van der Waals surface area contributed by atoms with E-state index in [9.17, 15) is 0 Å². The highest BCUT2D eigenvalue weighted by Crippen LogP contribution is 2.15. The molecule has 0 aliphatic heterocycles. The first-order valence-corrected chi connectivity index (χ1v) is 6.05. The Morgan fingerprint density at radius 2 is 2.24 bits per heavy atom. The molecule has 0 aliphatic rings. The molecule has 1 N–H and O–H groups in total. The van der Waals surface area contributed by atoms with Gasteiger partial charge in [-0.05, 0) is 31.6 Å². The molecule has 0 saturated heterocycles. The first kappa shape index (κ1) is 11.9. The van der Waals surface area contributed by atoms with Crippen molar-refractivity contribution in [3.05, 3.63) is 35.0 Å². The number of H-pyrrole nitrogens is 1. The van der Waals surface area contributed by atoms with Crippen LogP contribution in [0.5, 0.6) is 5.88 Å². The lowest BCUT2D eigenvalue weighted by Crippen LogP contribution is -2.01. The number of imidazole rings is 1. The van der Waals surface area contributed by atoms with Crippen LogP contribution in [0.25, 0.3) is 5.69 Å². The van der Waals surface area contributed by atoms with E-state index in [0.717, 1.165) is 17.8 Å². The minimum absolute atomic E-state index is 0.621. The zero-order valence-electron chi connectivity index (χ0n) is 9.93. The van der Waals surface area contributed by atoms with Gasteiger partial charge in [0.2, 0.25) is 5.88 Å². The van der Waals surface area contributed by atoms with Gasteiger partial charge >= 0.3 is 0 Å². The lowest BCUT2D eigenvalue weighted by molar-refractivity contribution is 0.327. The normalized spacial score (nSPS) is 10.5. The maximum Gasteiger partial charge on any atom is 0.213 e. The number of rotatable bonds is 4. The molecular weight excluding hydrogens is 234 g/mol. The maximum atomic E-state index is 5.31. The third-order valence-corrected chi connectivity index (χ3v) is 2.79. The molecule has 0 radical (unpaired) electrons. The van der Waals surface area contributed by atoms with E-state index >= 15 is 0 Å². The van der Waals surface area contributed by atoms with Gasteiger partial charge < -0.3 is 9.72 Å². The molecule has 17 heavy (non-hydrogen) atoms. The van der Waals surface area contributed by atoms with Crippen molar-refractivity contribution in [2.24, 2.45) is 0 Å². The van der Waals surface area contributed by atoms with E-state index in [1.165, 1.54) is 0 Å². The Bertz CT molecular complexity index is 542. The SMILES string of the molecule is CCOc1ccc(-n2c(CC)c[nH]c2=S)cn1. The molecular formula is C12H15N3OS. The van der Waals surface area contributed by atoms with Crippen LogP contribution in [0.2, 0.25) is 0 Å². The summed E-state index contributed by atoms with van der Waals surface area (Å²) in [6.07, 6.45) is 4.62. The molecule has 5 heteroatoms. The predicted molar refractivity (Wildman–Crippen MR) is 69.3 cm³/mol. The van der Waals surface area contributed by atoms with Crippen molar-refractivity contribution in [2.75, 3.05) is 6.61 Å². The molecule has 0 amide bonds. The van der Waals surface area contributed by atoms with E-state index in [4.69, 9.17) is 17.0 Å². The van der Waals surface area contributed by atoms with E-state index < -0.39 is 0 Å². The molecule has 0 atom stereocenters. The Labute approximate surface area is 105 Å². The molecule has 2 rings (SSSR count). The molecule has 0 spiro atoms. The number of hydrogen-bond acceptors (Lipinski definition) is 3. The predicted octanol–water partition coefficient (Wildman–Crippen LogP) is 2.89. The van der Waals surface area contributed by atoms with Crippen LogP contribution in [0.15, 0.2) is 24.5 Å². The number of pyridine rings is 1. The van der Waals surface area contributed by atoms with Crippen molar-refractivity contribution in [1.82, 2.24) is 14.5 Å². The largest absolute Gasteiger partial charge is 0.478 e. The van der Waals surface area contributed by atoms with Gasteiger partial charge in [0.25, 0.3) is 0 Å². The summed E-state index contributed by atoms with van der Waals surface area (Å²) in [6, 6.07) is 3.81. The molecule has 0 bridgehead atoms. The highest BCUT2D eigenvalue weighted by molar-refractivity contribution is 7.71. The Balaban J connectivity index is 2.39. The minimum atomic E-state index is 0.621. The third kappa shape index (κ3) is 2.39. The number of aryl methyl sites for hydroxylation is 1. The fourth-order valence-electron chi connectivity index (χ4n) is 1.69. The second-order valence-corrected chi connectivity index (χ2v) is 3.95. The number of nitrogens with one attached hydrogen (secondary N) is 1. The molecule has 2 aromatic heterocycles. The van der Waals surface area contributed by atoms with Crippen LogP contribution < -0.4 is 4.74 Å². The van der Waals surface area contributed by atoms with Crippen molar-refractivity contribution < 1.29 is 4.74 Å². The van der Waals surface area contributed by atoms with Crippen molar-refractivity contribution in [3.63, 3.8) is 0 Å². The molecule has 2 heterocycles. The number of hydrogen-bond donors (Lipinski definition) is 1. The van der Waals surface area contributed by atoms with Gasteiger partial charge in [-0.3, -0.25) is 4.57 Å². The zero-order valence-corrected chi connectivity index (χ0v) is 10.8.